The summed E-state index contributed by atoms with van der Waals surface area (Å²) < 4.78 is 3.89. The summed E-state index contributed by atoms with van der Waals surface area (Å²) in [5.41, 5.74) is 2.18. The molecule has 0 unspecified atom stereocenters. The van der Waals surface area contributed by atoms with Crippen LogP contribution in [0.1, 0.15) is 43.0 Å². The van der Waals surface area contributed by atoms with Crippen LogP contribution in [-0.2, 0) is 13.6 Å². The highest BCUT2D eigenvalue weighted by Gasteiger charge is 2.32. The summed E-state index contributed by atoms with van der Waals surface area (Å²) in [7, 11) is 1.92. The molecule has 1 aliphatic heterocycles. The summed E-state index contributed by atoms with van der Waals surface area (Å²) in [6, 6.07) is 2.06. The standard InChI is InChI=1S/C17H27N7O/c1-12(10-24-14(3)8-13(2)21-24)9-18-17(25)23-7-5-6-15(23)16-20-19-11-22(16)4/h8,11-12,15H,5-7,9-10H2,1-4H3,(H,18,25)/t12-,15+/m0/s1. The van der Waals surface area contributed by atoms with Gasteiger partial charge in [-0.3, -0.25) is 4.68 Å². The minimum atomic E-state index is -0.0225. The highest BCUT2D eigenvalue weighted by atomic mass is 16.2. The number of aromatic nitrogens is 5. The SMILES string of the molecule is Cc1cc(C)n(C[C@@H](C)CNC(=O)N2CCC[C@@H]2c2nncn2C)n1. The van der Waals surface area contributed by atoms with E-state index in [2.05, 4.69) is 40.5 Å². The second kappa shape index (κ2) is 7.25. The third-order valence-electron chi connectivity index (χ3n) is 4.75. The average Bonchev–Trinajstić information content (AvgIpc) is 3.26. The first-order valence-electron chi connectivity index (χ1n) is 8.85. The fourth-order valence-electron chi connectivity index (χ4n) is 3.45. The van der Waals surface area contributed by atoms with E-state index in [-0.39, 0.29) is 12.1 Å². The molecule has 0 aliphatic carbocycles. The number of hydrogen-bond acceptors (Lipinski definition) is 4. The molecule has 2 atom stereocenters. The van der Waals surface area contributed by atoms with Gasteiger partial charge in [-0.05, 0) is 38.7 Å². The molecule has 0 bridgehead atoms. The minimum absolute atomic E-state index is 0.0128. The first-order valence-corrected chi connectivity index (χ1v) is 8.85. The molecule has 2 aromatic heterocycles. The number of carbonyl (C=O) groups is 1. The largest absolute Gasteiger partial charge is 0.338 e. The van der Waals surface area contributed by atoms with Crippen molar-refractivity contribution in [1.82, 2.24) is 34.8 Å². The van der Waals surface area contributed by atoms with Crippen molar-refractivity contribution in [3.05, 3.63) is 29.6 Å². The van der Waals surface area contributed by atoms with E-state index in [9.17, 15) is 4.79 Å². The minimum Gasteiger partial charge on any atom is -0.338 e. The number of nitrogens with one attached hydrogen (secondary N) is 1. The number of rotatable bonds is 5. The van der Waals surface area contributed by atoms with E-state index in [0.29, 0.717) is 12.5 Å². The van der Waals surface area contributed by atoms with Gasteiger partial charge < -0.3 is 14.8 Å². The molecule has 8 heteroatoms. The summed E-state index contributed by atoms with van der Waals surface area (Å²) in [6.45, 7) is 8.36. The van der Waals surface area contributed by atoms with E-state index in [1.165, 1.54) is 0 Å². The van der Waals surface area contributed by atoms with Crippen LogP contribution in [0.5, 0.6) is 0 Å². The molecular formula is C17H27N7O. The Kier molecular flexibility index (Phi) is 5.06. The van der Waals surface area contributed by atoms with Crippen molar-refractivity contribution < 1.29 is 4.79 Å². The second-order valence-electron chi connectivity index (χ2n) is 7.05. The normalized spacial score (nSPS) is 18.6. The van der Waals surface area contributed by atoms with Gasteiger partial charge in [0.2, 0.25) is 0 Å². The maximum Gasteiger partial charge on any atom is 0.318 e. The zero-order valence-electron chi connectivity index (χ0n) is 15.4. The fourth-order valence-corrected chi connectivity index (χ4v) is 3.45. The van der Waals surface area contributed by atoms with Crippen molar-refractivity contribution >= 4 is 6.03 Å². The summed E-state index contributed by atoms with van der Waals surface area (Å²) in [5, 5.41) is 15.7. The van der Waals surface area contributed by atoms with Crippen molar-refractivity contribution in [2.45, 2.75) is 46.2 Å². The predicted octanol–water partition coefficient (Wildman–Crippen LogP) is 1.81. The Hall–Kier alpha value is -2.38. The smallest absolute Gasteiger partial charge is 0.318 e. The molecule has 0 radical (unpaired) electrons. The van der Waals surface area contributed by atoms with Crippen molar-refractivity contribution in [3.63, 3.8) is 0 Å². The molecule has 1 N–H and O–H groups in total. The van der Waals surface area contributed by atoms with E-state index < -0.39 is 0 Å². The summed E-state index contributed by atoms with van der Waals surface area (Å²) in [5.74, 6) is 1.15. The number of hydrogen-bond donors (Lipinski definition) is 1. The van der Waals surface area contributed by atoms with Crippen LogP contribution in [0.25, 0.3) is 0 Å². The van der Waals surface area contributed by atoms with E-state index >= 15 is 0 Å². The number of nitrogens with zero attached hydrogens (tertiary/aromatic N) is 6. The number of likely N-dealkylation sites (tertiary alicyclic amines) is 1. The van der Waals surface area contributed by atoms with Gasteiger partial charge in [-0.15, -0.1) is 10.2 Å². The molecule has 0 aromatic carbocycles. The van der Waals surface area contributed by atoms with E-state index in [1.807, 2.05) is 28.1 Å². The Morgan fingerprint density at radius 3 is 2.88 bits per heavy atom. The molecule has 3 rings (SSSR count). The Bertz CT molecular complexity index is 735. The topological polar surface area (TPSA) is 80.9 Å². The van der Waals surface area contributed by atoms with Gasteiger partial charge in [-0.25, -0.2) is 4.79 Å². The molecule has 0 saturated carbocycles. The lowest BCUT2D eigenvalue weighted by Gasteiger charge is -2.25. The van der Waals surface area contributed by atoms with Gasteiger partial charge in [0.15, 0.2) is 5.82 Å². The summed E-state index contributed by atoms with van der Waals surface area (Å²) in [6.07, 6.45) is 3.60. The summed E-state index contributed by atoms with van der Waals surface area (Å²) in [4.78, 5) is 14.5. The van der Waals surface area contributed by atoms with Crippen LogP contribution < -0.4 is 5.32 Å². The van der Waals surface area contributed by atoms with Gasteiger partial charge in [0.1, 0.15) is 6.33 Å². The van der Waals surface area contributed by atoms with Gasteiger partial charge in [-0.2, -0.15) is 5.10 Å². The molecule has 25 heavy (non-hydrogen) atoms. The van der Waals surface area contributed by atoms with Crippen molar-refractivity contribution in [2.75, 3.05) is 13.1 Å². The van der Waals surface area contributed by atoms with Crippen LogP contribution in [0.3, 0.4) is 0 Å². The van der Waals surface area contributed by atoms with Gasteiger partial charge in [0.25, 0.3) is 0 Å². The number of aryl methyl sites for hydroxylation is 3. The molecule has 0 spiro atoms. The molecule has 1 fully saturated rings. The van der Waals surface area contributed by atoms with Crippen LogP contribution in [0.4, 0.5) is 4.79 Å². The quantitative estimate of drug-likeness (QED) is 0.896. The number of amides is 2. The Morgan fingerprint density at radius 1 is 1.44 bits per heavy atom. The number of urea groups is 1. The molecule has 3 heterocycles. The highest BCUT2D eigenvalue weighted by Crippen LogP contribution is 2.30. The van der Waals surface area contributed by atoms with E-state index in [0.717, 1.165) is 43.1 Å². The molecule has 2 amide bonds. The van der Waals surface area contributed by atoms with Crippen molar-refractivity contribution in [1.29, 1.82) is 0 Å². The monoisotopic (exact) mass is 345 g/mol. The van der Waals surface area contributed by atoms with Crippen LogP contribution in [-0.4, -0.2) is 48.6 Å². The maximum absolute atomic E-state index is 12.6. The molecular weight excluding hydrogens is 318 g/mol. The number of carbonyl (C=O) groups excluding carboxylic acids is 1. The zero-order valence-corrected chi connectivity index (χ0v) is 15.4. The lowest BCUT2D eigenvalue weighted by atomic mass is 10.2. The van der Waals surface area contributed by atoms with Gasteiger partial charge >= 0.3 is 6.03 Å². The molecule has 1 saturated heterocycles. The van der Waals surface area contributed by atoms with Crippen LogP contribution >= 0.6 is 0 Å². The third kappa shape index (κ3) is 3.83. The first kappa shape index (κ1) is 17.4. The van der Waals surface area contributed by atoms with Crippen LogP contribution in [0.15, 0.2) is 12.4 Å². The molecule has 136 valence electrons. The molecule has 8 nitrogen and oxygen atoms in total. The second-order valence-corrected chi connectivity index (χ2v) is 7.05. The molecule has 2 aromatic rings. The van der Waals surface area contributed by atoms with Crippen molar-refractivity contribution in [2.24, 2.45) is 13.0 Å². The molecule has 1 aliphatic rings. The van der Waals surface area contributed by atoms with Gasteiger partial charge in [0.05, 0.1) is 11.7 Å². The van der Waals surface area contributed by atoms with Crippen molar-refractivity contribution in [3.8, 4) is 0 Å². The first-order chi connectivity index (χ1) is 12.0. The zero-order chi connectivity index (χ0) is 18.0. The van der Waals surface area contributed by atoms with Gasteiger partial charge in [0, 0.05) is 32.4 Å². The highest BCUT2D eigenvalue weighted by molar-refractivity contribution is 5.75. The van der Waals surface area contributed by atoms with Crippen LogP contribution in [0.2, 0.25) is 0 Å². The lowest BCUT2D eigenvalue weighted by Crippen LogP contribution is -2.42. The lowest BCUT2D eigenvalue weighted by molar-refractivity contribution is 0.188. The predicted molar refractivity (Wildman–Crippen MR) is 93.9 cm³/mol. The Morgan fingerprint density at radius 2 is 2.24 bits per heavy atom. The maximum atomic E-state index is 12.6. The van der Waals surface area contributed by atoms with E-state index in [1.54, 1.807) is 6.33 Å². The van der Waals surface area contributed by atoms with Gasteiger partial charge in [-0.1, -0.05) is 6.92 Å². The fraction of sp³-hybridized carbons (Fsp3) is 0.647. The average molecular weight is 345 g/mol. The summed E-state index contributed by atoms with van der Waals surface area (Å²) >= 11 is 0. The Labute approximate surface area is 148 Å². The Balaban J connectivity index is 1.55. The third-order valence-corrected chi connectivity index (χ3v) is 4.75. The van der Waals surface area contributed by atoms with E-state index in [4.69, 9.17) is 0 Å². The van der Waals surface area contributed by atoms with Crippen LogP contribution in [0, 0.1) is 19.8 Å².